The Morgan fingerprint density at radius 2 is 1.80 bits per heavy atom. The molecule has 0 radical (unpaired) electrons. The topological polar surface area (TPSA) is 68.3 Å². The van der Waals surface area contributed by atoms with Gasteiger partial charge in [0.2, 0.25) is 0 Å². The predicted molar refractivity (Wildman–Crippen MR) is 124 cm³/mol. The minimum Gasteiger partial charge on any atom is -0.486 e. The molecular weight excluding hydrogens is 511 g/mol. The first-order valence-corrected chi connectivity index (χ1v) is 11.7. The van der Waals surface area contributed by atoms with Crippen LogP contribution in [0.25, 0.3) is 10.9 Å². The molecule has 0 spiro atoms. The Morgan fingerprint density at radius 3 is 2.51 bits per heavy atom. The lowest BCUT2D eigenvalue weighted by Crippen LogP contribution is -2.42. The molecule has 186 valence electrons. The van der Waals surface area contributed by atoms with Crippen molar-refractivity contribution in [1.82, 2.24) is 15.3 Å². The molecule has 35 heavy (non-hydrogen) atoms. The molecular formula is C23H20Cl2F4N4O2. The van der Waals surface area contributed by atoms with Gasteiger partial charge in [0.25, 0.3) is 0 Å². The number of nitrogens with zero attached hydrogens (tertiary/aromatic N) is 2. The van der Waals surface area contributed by atoms with E-state index in [1.54, 1.807) is 0 Å². The number of hydrogen-bond donors (Lipinski definition) is 2. The highest BCUT2D eigenvalue weighted by Gasteiger charge is 2.35. The van der Waals surface area contributed by atoms with Crippen molar-refractivity contribution in [1.29, 1.82) is 0 Å². The van der Waals surface area contributed by atoms with E-state index in [9.17, 15) is 17.6 Å². The van der Waals surface area contributed by atoms with E-state index in [2.05, 4.69) is 20.6 Å². The maximum absolute atomic E-state index is 14.6. The largest absolute Gasteiger partial charge is 0.486 e. The van der Waals surface area contributed by atoms with Crippen molar-refractivity contribution in [3.63, 3.8) is 0 Å². The van der Waals surface area contributed by atoms with Crippen molar-refractivity contribution in [2.45, 2.75) is 50.0 Å². The molecule has 2 aliphatic heterocycles. The van der Waals surface area contributed by atoms with Crippen LogP contribution in [0.3, 0.4) is 0 Å². The molecule has 3 heterocycles. The van der Waals surface area contributed by atoms with E-state index in [-0.39, 0.29) is 44.7 Å². The predicted octanol–water partition coefficient (Wildman–Crippen LogP) is 6.42. The van der Waals surface area contributed by atoms with Crippen molar-refractivity contribution in [3.05, 3.63) is 46.5 Å². The number of anilines is 2. The zero-order valence-corrected chi connectivity index (χ0v) is 19.6. The molecule has 0 saturated carbocycles. The highest BCUT2D eigenvalue weighted by molar-refractivity contribution is 6.42. The molecule has 2 saturated heterocycles. The third-order valence-corrected chi connectivity index (χ3v) is 6.89. The quantitative estimate of drug-likeness (QED) is 0.283. The summed E-state index contributed by atoms with van der Waals surface area (Å²) in [5.41, 5.74) is 0.312. The number of alkyl halides is 3. The van der Waals surface area contributed by atoms with E-state index in [0.717, 1.165) is 25.7 Å². The van der Waals surface area contributed by atoms with Gasteiger partial charge in [-0.25, -0.2) is 14.4 Å². The average molecular weight is 531 g/mol. The summed E-state index contributed by atoms with van der Waals surface area (Å²) in [4.78, 5) is 8.33. The Morgan fingerprint density at radius 1 is 1.06 bits per heavy atom. The molecule has 0 unspecified atom stereocenters. The third-order valence-electron chi connectivity index (χ3n) is 6.10. The molecule has 2 N–H and O–H groups in total. The van der Waals surface area contributed by atoms with E-state index in [4.69, 9.17) is 32.7 Å². The first kappa shape index (κ1) is 24.1. The maximum atomic E-state index is 14.6. The van der Waals surface area contributed by atoms with Gasteiger partial charge in [0.15, 0.2) is 23.9 Å². The van der Waals surface area contributed by atoms with E-state index >= 15 is 0 Å². The molecule has 12 heteroatoms. The lowest BCUT2D eigenvalue weighted by atomic mass is 10.0. The summed E-state index contributed by atoms with van der Waals surface area (Å²) in [6.45, 7) is -1.48. The number of aromatic nitrogens is 2. The smallest absolute Gasteiger partial charge is 0.422 e. The Bertz CT molecular complexity index is 1250. The molecule has 2 aromatic carbocycles. The summed E-state index contributed by atoms with van der Waals surface area (Å²) >= 11 is 11.8. The van der Waals surface area contributed by atoms with Crippen LogP contribution in [0.15, 0.2) is 30.6 Å². The Hall–Kier alpha value is -2.56. The highest BCUT2D eigenvalue weighted by atomic mass is 35.5. The van der Waals surface area contributed by atoms with Gasteiger partial charge in [-0.2, -0.15) is 13.2 Å². The molecule has 6 nitrogen and oxygen atoms in total. The fourth-order valence-corrected chi connectivity index (χ4v) is 4.87. The minimum absolute atomic E-state index is 0.0224. The van der Waals surface area contributed by atoms with E-state index in [1.165, 1.54) is 30.6 Å². The molecule has 2 fully saturated rings. The Balaban J connectivity index is 1.51. The van der Waals surface area contributed by atoms with Gasteiger partial charge in [0.05, 0.1) is 21.2 Å². The van der Waals surface area contributed by atoms with Crippen LogP contribution in [-0.4, -0.2) is 40.9 Å². The second kappa shape index (κ2) is 9.48. The minimum atomic E-state index is -4.52. The van der Waals surface area contributed by atoms with Crippen molar-refractivity contribution >= 4 is 45.6 Å². The van der Waals surface area contributed by atoms with Gasteiger partial charge < -0.3 is 20.1 Å². The first-order chi connectivity index (χ1) is 16.7. The first-order valence-electron chi connectivity index (χ1n) is 11.0. The normalized spacial score (nSPS) is 21.8. The number of nitrogens with one attached hydrogen (secondary N) is 2. The molecule has 5 rings (SSSR count). The fraction of sp³-hybridized carbons (Fsp3) is 0.391. The fourth-order valence-electron chi connectivity index (χ4n) is 4.56. The zero-order chi connectivity index (χ0) is 24.7. The Labute approximate surface area is 207 Å². The van der Waals surface area contributed by atoms with Crippen LogP contribution in [0.2, 0.25) is 10.0 Å². The van der Waals surface area contributed by atoms with Crippen LogP contribution in [0.4, 0.5) is 29.1 Å². The number of rotatable bonds is 6. The van der Waals surface area contributed by atoms with Crippen LogP contribution in [0.5, 0.6) is 11.5 Å². The van der Waals surface area contributed by atoms with Crippen LogP contribution < -0.4 is 20.1 Å². The van der Waals surface area contributed by atoms with Crippen LogP contribution in [0.1, 0.15) is 25.7 Å². The second-order valence-corrected chi connectivity index (χ2v) is 9.42. The third kappa shape index (κ3) is 5.34. The number of benzene rings is 2. The zero-order valence-electron chi connectivity index (χ0n) is 18.1. The van der Waals surface area contributed by atoms with Crippen LogP contribution >= 0.6 is 23.2 Å². The van der Waals surface area contributed by atoms with Crippen molar-refractivity contribution < 1.29 is 27.0 Å². The highest BCUT2D eigenvalue weighted by Crippen LogP contribution is 2.39. The van der Waals surface area contributed by atoms with E-state index in [1.807, 2.05) is 0 Å². The SMILES string of the molecule is Fc1c(Nc2ncnc3cc(OCC(F)(F)F)c(O[C@@H]4C[C@H]5CC[C@@H](C4)N5)cc23)ccc(Cl)c1Cl. The second-order valence-electron chi connectivity index (χ2n) is 8.64. The summed E-state index contributed by atoms with van der Waals surface area (Å²) in [6, 6.07) is 6.35. The maximum Gasteiger partial charge on any atom is 0.422 e. The number of hydrogen-bond acceptors (Lipinski definition) is 6. The molecule has 2 bridgehead atoms. The molecule has 2 aliphatic rings. The molecule has 1 aromatic heterocycles. The van der Waals surface area contributed by atoms with Gasteiger partial charge in [0.1, 0.15) is 18.2 Å². The van der Waals surface area contributed by atoms with Gasteiger partial charge in [-0.1, -0.05) is 23.2 Å². The molecule has 0 amide bonds. The summed E-state index contributed by atoms with van der Waals surface area (Å²) in [5.74, 6) is -0.491. The molecule has 0 aliphatic carbocycles. The van der Waals surface area contributed by atoms with Gasteiger partial charge >= 0.3 is 6.18 Å². The van der Waals surface area contributed by atoms with E-state index in [0.29, 0.717) is 17.5 Å². The van der Waals surface area contributed by atoms with Gasteiger partial charge in [0, 0.05) is 23.5 Å². The Kier molecular flexibility index (Phi) is 6.54. The lowest BCUT2D eigenvalue weighted by Gasteiger charge is -2.30. The average Bonchev–Trinajstić information content (AvgIpc) is 3.15. The standard InChI is InChI=1S/C23H20Cl2F4N4O2/c24-15-3-4-16(21(26)20(15)25)33-22-14-7-19(35-13-5-11-1-2-12(6-13)32-11)18(34-9-23(27,28)29)8-17(14)30-10-31-22/h3-4,7-8,10-13,32H,1-2,5-6,9H2,(H,30,31,33)/t11-,12+,13-. The van der Waals surface area contributed by atoms with Gasteiger partial charge in [-0.15, -0.1) is 0 Å². The van der Waals surface area contributed by atoms with Crippen LogP contribution in [-0.2, 0) is 0 Å². The lowest BCUT2D eigenvalue weighted by molar-refractivity contribution is -0.153. The van der Waals surface area contributed by atoms with Crippen LogP contribution in [0, 0.1) is 5.82 Å². The molecule has 3 aromatic rings. The number of halogens is 6. The number of fused-ring (bicyclic) bond motifs is 3. The summed E-state index contributed by atoms with van der Waals surface area (Å²) in [6.07, 6.45) is 0.0415. The van der Waals surface area contributed by atoms with E-state index < -0.39 is 18.6 Å². The van der Waals surface area contributed by atoms with Gasteiger partial charge in [-0.05, 0) is 43.9 Å². The molecule has 3 atom stereocenters. The number of ether oxygens (including phenoxy) is 2. The van der Waals surface area contributed by atoms with Crippen molar-refractivity contribution in [2.24, 2.45) is 0 Å². The summed E-state index contributed by atoms with van der Waals surface area (Å²) in [7, 11) is 0. The summed E-state index contributed by atoms with van der Waals surface area (Å²) < 4.78 is 64.6. The number of piperidine rings is 1. The van der Waals surface area contributed by atoms with Gasteiger partial charge in [-0.3, -0.25) is 0 Å². The monoisotopic (exact) mass is 530 g/mol. The van der Waals surface area contributed by atoms with Crippen molar-refractivity contribution in [2.75, 3.05) is 11.9 Å². The summed E-state index contributed by atoms with van der Waals surface area (Å²) in [5, 5.41) is 6.57. The van der Waals surface area contributed by atoms with Crippen molar-refractivity contribution in [3.8, 4) is 11.5 Å².